The molecule has 1 heterocycles. The Bertz CT molecular complexity index is 271. The van der Waals surface area contributed by atoms with E-state index >= 15 is 0 Å². The fourth-order valence-electron chi connectivity index (χ4n) is 1.34. The number of nitrogens with zero attached hydrogens (tertiary/aromatic N) is 1. The third-order valence-electron chi connectivity index (χ3n) is 2.17. The summed E-state index contributed by atoms with van der Waals surface area (Å²) in [5.41, 5.74) is 6.57. The molecule has 0 fully saturated rings. The lowest BCUT2D eigenvalue weighted by Crippen LogP contribution is -2.14. The lowest BCUT2D eigenvalue weighted by Gasteiger charge is -2.09. The normalized spacial score (nSPS) is 11.2. The van der Waals surface area contributed by atoms with E-state index in [1.54, 1.807) is 6.26 Å². The minimum absolute atomic E-state index is 0.434. The van der Waals surface area contributed by atoms with Gasteiger partial charge in [-0.05, 0) is 33.1 Å². The zero-order valence-corrected chi connectivity index (χ0v) is 9.53. The van der Waals surface area contributed by atoms with Crippen LogP contribution in [0, 0.1) is 0 Å². The summed E-state index contributed by atoms with van der Waals surface area (Å²) < 4.78 is 10.7. The molecule has 0 aliphatic rings. The molecule has 0 saturated heterocycles. The van der Waals surface area contributed by atoms with Gasteiger partial charge in [-0.2, -0.15) is 0 Å². The zero-order valence-electron chi connectivity index (χ0n) is 9.53. The van der Waals surface area contributed by atoms with Crippen molar-refractivity contribution in [1.29, 1.82) is 0 Å². The molecule has 0 spiro atoms. The maximum atomic E-state index is 5.53. The summed E-state index contributed by atoms with van der Waals surface area (Å²) in [5.74, 6) is 0.822. The summed E-state index contributed by atoms with van der Waals surface area (Å²) >= 11 is 0. The fourth-order valence-corrected chi connectivity index (χ4v) is 1.34. The molecule has 0 unspecified atom stereocenters. The summed E-state index contributed by atoms with van der Waals surface area (Å²) in [6.45, 7) is 2.85. The van der Waals surface area contributed by atoms with Gasteiger partial charge in [0.2, 0.25) is 0 Å². The molecule has 0 saturated carbocycles. The van der Waals surface area contributed by atoms with Crippen LogP contribution < -0.4 is 5.73 Å². The molecule has 0 aromatic carbocycles. The highest BCUT2D eigenvalue weighted by Gasteiger charge is 2.03. The van der Waals surface area contributed by atoms with Gasteiger partial charge in [0.15, 0.2) is 0 Å². The van der Waals surface area contributed by atoms with Gasteiger partial charge in [-0.15, -0.1) is 0 Å². The molecule has 1 aromatic heterocycles. The molecule has 1 aromatic rings. The predicted molar refractivity (Wildman–Crippen MR) is 59.4 cm³/mol. The molecular formula is C11H20N2O2. The molecule has 2 N–H and O–H groups in total. The van der Waals surface area contributed by atoms with Crippen LogP contribution in [0.4, 0.5) is 0 Å². The number of hydrogen-bond acceptors (Lipinski definition) is 4. The van der Waals surface area contributed by atoms with Crippen LogP contribution >= 0.6 is 0 Å². The van der Waals surface area contributed by atoms with Crippen LogP contribution in [0.5, 0.6) is 0 Å². The number of rotatable bonds is 7. The minimum Gasteiger partial charge on any atom is -0.468 e. The summed E-state index contributed by atoms with van der Waals surface area (Å²) in [6.07, 6.45) is 2.70. The molecule has 15 heavy (non-hydrogen) atoms. The van der Waals surface area contributed by atoms with E-state index in [0.717, 1.165) is 30.9 Å². The van der Waals surface area contributed by atoms with Crippen LogP contribution in [-0.4, -0.2) is 32.1 Å². The number of hydrogen-bond donors (Lipinski definition) is 1. The van der Waals surface area contributed by atoms with E-state index in [4.69, 9.17) is 14.9 Å². The largest absolute Gasteiger partial charge is 0.468 e. The summed E-state index contributed by atoms with van der Waals surface area (Å²) in [5, 5.41) is 0. The summed E-state index contributed by atoms with van der Waals surface area (Å²) in [4.78, 5) is 2.15. The lowest BCUT2D eigenvalue weighted by atomic mass is 10.2. The summed E-state index contributed by atoms with van der Waals surface area (Å²) in [6, 6.07) is 1.91. The fraction of sp³-hybridized carbons (Fsp3) is 0.636. The minimum atomic E-state index is 0.434. The van der Waals surface area contributed by atoms with Crippen LogP contribution in [0.15, 0.2) is 16.7 Å². The van der Waals surface area contributed by atoms with E-state index in [2.05, 4.69) is 19.0 Å². The highest BCUT2D eigenvalue weighted by Crippen LogP contribution is 2.10. The van der Waals surface area contributed by atoms with Gasteiger partial charge in [-0.3, -0.25) is 0 Å². The van der Waals surface area contributed by atoms with Crippen molar-refractivity contribution in [3.63, 3.8) is 0 Å². The van der Waals surface area contributed by atoms with Crippen molar-refractivity contribution in [3.05, 3.63) is 23.7 Å². The second-order valence-corrected chi connectivity index (χ2v) is 3.78. The van der Waals surface area contributed by atoms with Crippen molar-refractivity contribution in [2.24, 2.45) is 5.73 Å². The Morgan fingerprint density at radius 3 is 2.93 bits per heavy atom. The van der Waals surface area contributed by atoms with Crippen LogP contribution in [0.3, 0.4) is 0 Å². The van der Waals surface area contributed by atoms with E-state index in [9.17, 15) is 0 Å². The maximum absolute atomic E-state index is 5.53. The Morgan fingerprint density at radius 2 is 2.27 bits per heavy atom. The van der Waals surface area contributed by atoms with Gasteiger partial charge in [-0.25, -0.2) is 0 Å². The van der Waals surface area contributed by atoms with Crippen LogP contribution in [-0.2, 0) is 17.9 Å². The molecule has 0 aliphatic carbocycles. The van der Waals surface area contributed by atoms with Crippen LogP contribution in [0.1, 0.15) is 17.7 Å². The van der Waals surface area contributed by atoms with Gasteiger partial charge in [0, 0.05) is 12.2 Å². The van der Waals surface area contributed by atoms with Gasteiger partial charge in [0.05, 0.1) is 19.4 Å². The molecule has 0 amide bonds. The maximum Gasteiger partial charge on any atom is 0.122 e. The molecule has 4 nitrogen and oxygen atoms in total. The van der Waals surface area contributed by atoms with Gasteiger partial charge in [-0.1, -0.05) is 0 Å². The van der Waals surface area contributed by atoms with Crippen molar-refractivity contribution in [2.75, 3.05) is 27.2 Å². The standard InChI is InChI=1S/C11H20N2O2/c1-13(2)5-3-6-14-9-10-4-7-15-11(10)8-12/h4,7H,3,5-6,8-9,12H2,1-2H3. The number of furan rings is 1. The van der Waals surface area contributed by atoms with Gasteiger partial charge >= 0.3 is 0 Å². The first-order valence-electron chi connectivity index (χ1n) is 5.22. The number of nitrogens with two attached hydrogens (primary N) is 1. The molecule has 0 bridgehead atoms. The van der Waals surface area contributed by atoms with E-state index in [0.29, 0.717) is 13.2 Å². The molecule has 1 rings (SSSR count). The average molecular weight is 212 g/mol. The summed E-state index contributed by atoms with van der Waals surface area (Å²) in [7, 11) is 4.12. The van der Waals surface area contributed by atoms with Gasteiger partial charge < -0.3 is 19.8 Å². The van der Waals surface area contributed by atoms with E-state index < -0.39 is 0 Å². The second kappa shape index (κ2) is 6.61. The Kier molecular flexibility index (Phi) is 5.39. The van der Waals surface area contributed by atoms with E-state index in [1.807, 2.05) is 6.07 Å². The highest BCUT2D eigenvalue weighted by atomic mass is 16.5. The van der Waals surface area contributed by atoms with Crippen LogP contribution in [0.25, 0.3) is 0 Å². The Balaban J connectivity index is 2.15. The monoisotopic (exact) mass is 212 g/mol. The Labute approximate surface area is 91.0 Å². The first-order valence-corrected chi connectivity index (χ1v) is 5.22. The van der Waals surface area contributed by atoms with Gasteiger partial charge in [0.1, 0.15) is 5.76 Å². The van der Waals surface area contributed by atoms with E-state index in [-0.39, 0.29) is 0 Å². The first kappa shape index (κ1) is 12.2. The van der Waals surface area contributed by atoms with Crippen LogP contribution in [0.2, 0.25) is 0 Å². The van der Waals surface area contributed by atoms with Crippen molar-refractivity contribution in [3.8, 4) is 0 Å². The average Bonchev–Trinajstić information content (AvgIpc) is 2.64. The Hall–Kier alpha value is -0.840. The zero-order chi connectivity index (χ0) is 11.1. The third kappa shape index (κ3) is 4.46. The highest BCUT2D eigenvalue weighted by molar-refractivity contribution is 5.15. The molecule has 86 valence electrons. The molecular weight excluding hydrogens is 192 g/mol. The third-order valence-corrected chi connectivity index (χ3v) is 2.17. The molecule has 0 atom stereocenters. The van der Waals surface area contributed by atoms with E-state index in [1.165, 1.54) is 0 Å². The quantitative estimate of drug-likeness (QED) is 0.690. The van der Waals surface area contributed by atoms with Crippen molar-refractivity contribution >= 4 is 0 Å². The Morgan fingerprint density at radius 1 is 1.47 bits per heavy atom. The number of ether oxygens (including phenoxy) is 1. The molecule has 4 heteroatoms. The lowest BCUT2D eigenvalue weighted by molar-refractivity contribution is 0.112. The first-order chi connectivity index (χ1) is 7.24. The van der Waals surface area contributed by atoms with Gasteiger partial charge in [0.25, 0.3) is 0 Å². The van der Waals surface area contributed by atoms with Crippen molar-refractivity contribution in [1.82, 2.24) is 4.90 Å². The molecule has 0 radical (unpaired) electrons. The smallest absolute Gasteiger partial charge is 0.122 e. The van der Waals surface area contributed by atoms with Crippen molar-refractivity contribution in [2.45, 2.75) is 19.6 Å². The van der Waals surface area contributed by atoms with Crippen molar-refractivity contribution < 1.29 is 9.15 Å². The predicted octanol–water partition coefficient (Wildman–Crippen LogP) is 1.21. The second-order valence-electron chi connectivity index (χ2n) is 3.78. The molecule has 0 aliphatic heterocycles. The SMILES string of the molecule is CN(C)CCCOCc1ccoc1CN. The topological polar surface area (TPSA) is 51.6 Å².